The third kappa shape index (κ3) is 2.23. The van der Waals surface area contributed by atoms with Crippen LogP contribution < -0.4 is 11.2 Å². The highest BCUT2D eigenvalue weighted by Crippen LogP contribution is 2.12. The molecule has 0 aliphatic heterocycles. The second-order valence-electron chi connectivity index (χ2n) is 3.44. The minimum Gasteiger partial charge on any atom is -0.288 e. The van der Waals surface area contributed by atoms with E-state index >= 15 is 0 Å². The van der Waals surface area contributed by atoms with Gasteiger partial charge in [-0.05, 0) is 12.1 Å². The fourth-order valence-corrected chi connectivity index (χ4v) is 1.56. The molecular formula is C12H11N3O2. The van der Waals surface area contributed by atoms with Gasteiger partial charge in [-0.1, -0.05) is 12.1 Å². The zero-order valence-corrected chi connectivity index (χ0v) is 9.09. The van der Waals surface area contributed by atoms with Crippen molar-refractivity contribution in [3.8, 4) is 11.4 Å². The zero-order chi connectivity index (χ0) is 12.3. The molecule has 0 saturated heterocycles. The van der Waals surface area contributed by atoms with Crippen molar-refractivity contribution in [2.24, 2.45) is 0 Å². The van der Waals surface area contributed by atoms with Crippen LogP contribution in [0.4, 0.5) is 0 Å². The molecule has 0 bridgehead atoms. The molecule has 5 heteroatoms. The summed E-state index contributed by atoms with van der Waals surface area (Å²) in [6.07, 6.45) is 3.20. The second-order valence-corrected chi connectivity index (χ2v) is 3.44. The predicted octanol–water partition coefficient (Wildman–Crippen LogP) is 0.785. The molecular weight excluding hydrogens is 218 g/mol. The Kier molecular flexibility index (Phi) is 3.00. The van der Waals surface area contributed by atoms with E-state index in [1.807, 2.05) is 0 Å². The maximum absolute atomic E-state index is 11.7. The van der Waals surface area contributed by atoms with Crippen molar-refractivity contribution in [2.45, 2.75) is 6.54 Å². The lowest BCUT2D eigenvalue weighted by Crippen LogP contribution is -2.30. The molecule has 0 aliphatic rings. The van der Waals surface area contributed by atoms with Gasteiger partial charge in [0.25, 0.3) is 5.56 Å². The predicted molar refractivity (Wildman–Crippen MR) is 64.8 cm³/mol. The number of aromatic nitrogens is 3. The van der Waals surface area contributed by atoms with Crippen LogP contribution >= 0.6 is 0 Å². The van der Waals surface area contributed by atoms with Gasteiger partial charge in [0.1, 0.15) is 0 Å². The first-order valence-electron chi connectivity index (χ1n) is 5.09. The highest BCUT2D eigenvalue weighted by Gasteiger charge is 2.07. The van der Waals surface area contributed by atoms with Gasteiger partial charge in [-0.2, -0.15) is 0 Å². The molecule has 0 aromatic carbocycles. The van der Waals surface area contributed by atoms with Gasteiger partial charge in [0.2, 0.25) is 0 Å². The Labute approximate surface area is 97.1 Å². The van der Waals surface area contributed by atoms with Crippen LogP contribution in [-0.2, 0) is 6.54 Å². The topological polar surface area (TPSA) is 67.8 Å². The lowest BCUT2D eigenvalue weighted by molar-refractivity contribution is 0.743. The third-order valence-electron chi connectivity index (χ3n) is 2.27. The van der Waals surface area contributed by atoms with E-state index < -0.39 is 11.2 Å². The maximum atomic E-state index is 11.7. The molecule has 2 aromatic rings. The van der Waals surface area contributed by atoms with E-state index in [2.05, 4.69) is 16.5 Å². The summed E-state index contributed by atoms with van der Waals surface area (Å²) in [6, 6.07) is 6.67. The molecule has 0 spiro atoms. The summed E-state index contributed by atoms with van der Waals surface area (Å²) in [7, 11) is 0. The average Bonchev–Trinajstić information content (AvgIpc) is 2.33. The monoisotopic (exact) mass is 229 g/mol. The third-order valence-corrected chi connectivity index (χ3v) is 2.27. The van der Waals surface area contributed by atoms with Gasteiger partial charge in [-0.3, -0.25) is 19.3 Å². The first-order chi connectivity index (χ1) is 8.22. The SMILES string of the molecule is C=CCn1c(-c2ccccn2)cc(=O)[nH]c1=O. The van der Waals surface area contributed by atoms with Crippen molar-refractivity contribution >= 4 is 0 Å². The van der Waals surface area contributed by atoms with Crippen LogP contribution in [0.5, 0.6) is 0 Å². The number of aromatic amines is 1. The van der Waals surface area contributed by atoms with Crippen LogP contribution in [0.15, 0.2) is 52.7 Å². The van der Waals surface area contributed by atoms with Crippen molar-refractivity contribution in [3.63, 3.8) is 0 Å². The van der Waals surface area contributed by atoms with Crippen molar-refractivity contribution < 1.29 is 0 Å². The summed E-state index contributed by atoms with van der Waals surface area (Å²) in [5.74, 6) is 0. The average molecular weight is 229 g/mol. The number of pyridine rings is 1. The normalized spacial score (nSPS) is 10.1. The molecule has 17 heavy (non-hydrogen) atoms. The summed E-state index contributed by atoms with van der Waals surface area (Å²) in [5, 5.41) is 0. The Balaban J connectivity index is 2.71. The number of rotatable bonds is 3. The molecule has 2 rings (SSSR count). The zero-order valence-electron chi connectivity index (χ0n) is 9.09. The van der Waals surface area contributed by atoms with Crippen LogP contribution in [0.3, 0.4) is 0 Å². The summed E-state index contributed by atoms with van der Waals surface area (Å²) in [5.41, 5.74) is 0.172. The van der Waals surface area contributed by atoms with Gasteiger partial charge in [0.05, 0.1) is 11.4 Å². The number of hydrogen-bond donors (Lipinski definition) is 1. The Morgan fingerprint density at radius 2 is 2.24 bits per heavy atom. The molecule has 1 N–H and O–H groups in total. The van der Waals surface area contributed by atoms with E-state index in [-0.39, 0.29) is 0 Å². The first kappa shape index (κ1) is 11.1. The summed E-state index contributed by atoms with van der Waals surface area (Å²) < 4.78 is 1.41. The Morgan fingerprint density at radius 1 is 1.41 bits per heavy atom. The number of hydrogen-bond acceptors (Lipinski definition) is 3. The van der Waals surface area contributed by atoms with Crippen molar-refractivity contribution in [2.75, 3.05) is 0 Å². The molecule has 0 radical (unpaired) electrons. The smallest absolute Gasteiger partial charge is 0.288 e. The number of nitrogens with zero attached hydrogens (tertiary/aromatic N) is 2. The van der Waals surface area contributed by atoms with Gasteiger partial charge in [0, 0.05) is 18.8 Å². The van der Waals surface area contributed by atoms with Crippen LogP contribution in [0.25, 0.3) is 11.4 Å². The van der Waals surface area contributed by atoms with E-state index in [0.29, 0.717) is 17.9 Å². The molecule has 2 aromatic heterocycles. The Morgan fingerprint density at radius 3 is 2.88 bits per heavy atom. The van der Waals surface area contributed by atoms with Crippen LogP contribution in [0.2, 0.25) is 0 Å². The van der Waals surface area contributed by atoms with Gasteiger partial charge in [-0.15, -0.1) is 6.58 Å². The molecule has 0 aliphatic carbocycles. The quantitative estimate of drug-likeness (QED) is 0.791. The highest BCUT2D eigenvalue weighted by atomic mass is 16.2. The van der Waals surface area contributed by atoms with E-state index in [4.69, 9.17) is 0 Å². The fourth-order valence-electron chi connectivity index (χ4n) is 1.56. The lowest BCUT2D eigenvalue weighted by atomic mass is 10.2. The second kappa shape index (κ2) is 4.61. The number of allylic oxidation sites excluding steroid dienone is 1. The van der Waals surface area contributed by atoms with Crippen LogP contribution in [-0.4, -0.2) is 14.5 Å². The van der Waals surface area contributed by atoms with Crippen LogP contribution in [0, 0.1) is 0 Å². The molecule has 0 amide bonds. The van der Waals surface area contributed by atoms with Gasteiger partial charge in [-0.25, -0.2) is 4.79 Å². The summed E-state index contributed by atoms with van der Waals surface area (Å²) in [4.78, 5) is 29.3. The lowest BCUT2D eigenvalue weighted by Gasteiger charge is -2.08. The maximum Gasteiger partial charge on any atom is 0.329 e. The largest absolute Gasteiger partial charge is 0.329 e. The standard InChI is InChI=1S/C12H11N3O2/c1-2-7-15-10(8-11(16)14-12(15)17)9-5-3-4-6-13-9/h2-6,8H,1,7H2,(H,14,16,17). The Bertz CT molecular complexity index is 641. The molecule has 0 atom stereocenters. The van der Waals surface area contributed by atoms with Crippen molar-refractivity contribution in [1.29, 1.82) is 0 Å². The van der Waals surface area contributed by atoms with E-state index in [1.165, 1.54) is 10.6 Å². The minimum absolute atomic E-state index is 0.321. The van der Waals surface area contributed by atoms with E-state index in [1.54, 1.807) is 30.5 Å². The molecule has 0 fully saturated rings. The molecule has 5 nitrogen and oxygen atoms in total. The van der Waals surface area contributed by atoms with Crippen molar-refractivity contribution in [3.05, 3.63) is 64.0 Å². The van der Waals surface area contributed by atoms with E-state index in [9.17, 15) is 9.59 Å². The van der Waals surface area contributed by atoms with Gasteiger partial charge >= 0.3 is 5.69 Å². The van der Waals surface area contributed by atoms with Gasteiger partial charge < -0.3 is 0 Å². The molecule has 2 heterocycles. The fraction of sp³-hybridized carbons (Fsp3) is 0.0833. The molecule has 0 unspecified atom stereocenters. The first-order valence-corrected chi connectivity index (χ1v) is 5.09. The van der Waals surface area contributed by atoms with E-state index in [0.717, 1.165) is 0 Å². The number of nitrogens with one attached hydrogen (secondary N) is 1. The minimum atomic E-state index is -0.460. The number of H-pyrrole nitrogens is 1. The molecule has 0 saturated carbocycles. The van der Waals surface area contributed by atoms with Gasteiger partial charge in [0.15, 0.2) is 0 Å². The summed E-state index contributed by atoms with van der Waals surface area (Å²) >= 11 is 0. The van der Waals surface area contributed by atoms with Crippen LogP contribution in [0.1, 0.15) is 0 Å². The van der Waals surface area contributed by atoms with Crippen molar-refractivity contribution in [1.82, 2.24) is 14.5 Å². The Hall–Kier alpha value is -2.43. The molecule has 86 valence electrons. The highest BCUT2D eigenvalue weighted by molar-refractivity contribution is 5.53. The summed E-state index contributed by atoms with van der Waals surface area (Å²) in [6.45, 7) is 3.90.